The molecule has 0 unspecified atom stereocenters. The Balaban J connectivity index is 1.87. The van der Waals surface area contributed by atoms with Crippen molar-refractivity contribution in [2.75, 3.05) is 13.7 Å². The standard InChI is InChI=1S/C22H23N3O4/c1-13-10-18-20(22(26)25(13)12-16-4-3-9-28-16)19(17(11-23)21(24)29-18)14-5-7-15(27-2)8-6-14/h5-8,10,16,19H,3-4,9,12,24H2,1-2H3/t16-,19+/m0/s1. The largest absolute Gasteiger partial charge is 0.497 e. The highest BCUT2D eigenvalue weighted by Gasteiger charge is 2.34. The number of benzene rings is 1. The quantitative estimate of drug-likeness (QED) is 0.857. The summed E-state index contributed by atoms with van der Waals surface area (Å²) in [4.78, 5) is 13.5. The van der Waals surface area contributed by atoms with Crippen molar-refractivity contribution < 1.29 is 14.2 Å². The zero-order valence-corrected chi connectivity index (χ0v) is 16.5. The van der Waals surface area contributed by atoms with E-state index < -0.39 is 5.92 Å². The molecule has 1 fully saturated rings. The first-order valence-electron chi connectivity index (χ1n) is 9.61. The number of hydrogen-bond donors (Lipinski definition) is 1. The second-order valence-electron chi connectivity index (χ2n) is 7.31. The van der Waals surface area contributed by atoms with E-state index in [2.05, 4.69) is 6.07 Å². The predicted molar refractivity (Wildman–Crippen MR) is 107 cm³/mol. The first kappa shape index (κ1) is 19.1. The molecule has 150 valence electrons. The van der Waals surface area contributed by atoms with Gasteiger partial charge in [-0.2, -0.15) is 5.26 Å². The van der Waals surface area contributed by atoms with E-state index in [0.717, 1.165) is 30.7 Å². The van der Waals surface area contributed by atoms with Crippen molar-refractivity contribution in [2.45, 2.75) is 38.3 Å². The van der Waals surface area contributed by atoms with E-state index in [1.165, 1.54) is 0 Å². The summed E-state index contributed by atoms with van der Waals surface area (Å²) in [5.74, 6) is 0.514. The number of allylic oxidation sites excluding steroid dienone is 1. The molecule has 0 radical (unpaired) electrons. The molecule has 1 saturated heterocycles. The molecule has 0 bridgehead atoms. The monoisotopic (exact) mass is 393 g/mol. The van der Waals surface area contributed by atoms with Crippen LogP contribution in [0.5, 0.6) is 11.5 Å². The fourth-order valence-corrected chi connectivity index (χ4v) is 4.03. The number of pyridine rings is 1. The normalized spacial score (nSPS) is 20.7. The number of nitrogens with zero attached hydrogens (tertiary/aromatic N) is 2. The van der Waals surface area contributed by atoms with Crippen LogP contribution in [0.1, 0.15) is 35.6 Å². The number of methoxy groups -OCH3 is 1. The van der Waals surface area contributed by atoms with Gasteiger partial charge in [0, 0.05) is 18.4 Å². The van der Waals surface area contributed by atoms with E-state index in [1.54, 1.807) is 23.8 Å². The Morgan fingerprint density at radius 3 is 2.72 bits per heavy atom. The third kappa shape index (κ3) is 3.36. The van der Waals surface area contributed by atoms with Crippen molar-refractivity contribution in [2.24, 2.45) is 5.73 Å². The van der Waals surface area contributed by atoms with Crippen LogP contribution in [0.4, 0.5) is 0 Å². The molecule has 0 aliphatic carbocycles. The van der Waals surface area contributed by atoms with Crippen LogP contribution in [0, 0.1) is 18.3 Å². The number of ether oxygens (including phenoxy) is 3. The van der Waals surface area contributed by atoms with Crippen molar-refractivity contribution in [3.8, 4) is 17.6 Å². The maximum absolute atomic E-state index is 13.5. The van der Waals surface area contributed by atoms with Crippen molar-refractivity contribution in [3.63, 3.8) is 0 Å². The van der Waals surface area contributed by atoms with Gasteiger partial charge in [0.15, 0.2) is 0 Å². The lowest BCUT2D eigenvalue weighted by Gasteiger charge is -2.28. The first-order chi connectivity index (χ1) is 14.0. The lowest BCUT2D eigenvalue weighted by molar-refractivity contribution is 0.0955. The molecular weight excluding hydrogens is 370 g/mol. The van der Waals surface area contributed by atoms with Gasteiger partial charge in [0.05, 0.1) is 31.2 Å². The number of aryl methyl sites for hydroxylation is 1. The number of fused-ring (bicyclic) bond motifs is 1. The fraction of sp³-hybridized carbons (Fsp3) is 0.364. The molecule has 1 aromatic heterocycles. The van der Waals surface area contributed by atoms with Gasteiger partial charge in [0.2, 0.25) is 5.88 Å². The van der Waals surface area contributed by atoms with Crippen LogP contribution >= 0.6 is 0 Å². The van der Waals surface area contributed by atoms with Gasteiger partial charge in [0.1, 0.15) is 23.1 Å². The summed E-state index contributed by atoms with van der Waals surface area (Å²) in [6, 6.07) is 11.2. The second kappa shape index (κ2) is 7.64. The first-order valence-corrected chi connectivity index (χ1v) is 9.61. The summed E-state index contributed by atoms with van der Waals surface area (Å²) in [6.07, 6.45) is 1.95. The van der Waals surface area contributed by atoms with Crippen molar-refractivity contribution in [3.05, 3.63) is 69.0 Å². The summed E-state index contributed by atoms with van der Waals surface area (Å²) >= 11 is 0. The number of rotatable bonds is 4. The van der Waals surface area contributed by atoms with Gasteiger partial charge in [-0.15, -0.1) is 0 Å². The van der Waals surface area contributed by atoms with E-state index in [4.69, 9.17) is 19.9 Å². The van der Waals surface area contributed by atoms with Gasteiger partial charge in [-0.3, -0.25) is 4.79 Å². The van der Waals surface area contributed by atoms with Crippen molar-refractivity contribution in [1.29, 1.82) is 5.26 Å². The number of hydrogen-bond acceptors (Lipinski definition) is 6. The van der Waals surface area contributed by atoms with Gasteiger partial charge in [0.25, 0.3) is 5.56 Å². The molecule has 7 nitrogen and oxygen atoms in total. The van der Waals surface area contributed by atoms with Crippen LogP contribution in [0.25, 0.3) is 0 Å². The fourth-order valence-electron chi connectivity index (χ4n) is 4.03. The number of nitriles is 1. The number of aromatic nitrogens is 1. The third-order valence-corrected chi connectivity index (χ3v) is 5.55. The Kier molecular flexibility index (Phi) is 5.03. The lowest BCUT2D eigenvalue weighted by atomic mass is 9.84. The highest BCUT2D eigenvalue weighted by molar-refractivity contribution is 5.55. The molecule has 4 rings (SSSR count). The SMILES string of the molecule is COc1ccc([C@@H]2C(C#N)=C(N)Oc3cc(C)n(C[C@@H]4CCCO4)c(=O)c32)cc1. The Labute approximate surface area is 168 Å². The highest BCUT2D eigenvalue weighted by Crippen LogP contribution is 2.40. The average molecular weight is 393 g/mol. The minimum atomic E-state index is -0.599. The minimum Gasteiger partial charge on any atom is -0.497 e. The third-order valence-electron chi connectivity index (χ3n) is 5.55. The second-order valence-corrected chi connectivity index (χ2v) is 7.31. The van der Waals surface area contributed by atoms with E-state index in [1.807, 2.05) is 25.1 Å². The predicted octanol–water partition coefficient (Wildman–Crippen LogP) is 2.56. The Morgan fingerprint density at radius 1 is 1.34 bits per heavy atom. The van der Waals surface area contributed by atoms with Crippen LogP contribution in [0.2, 0.25) is 0 Å². The van der Waals surface area contributed by atoms with Crippen LogP contribution in [0.3, 0.4) is 0 Å². The highest BCUT2D eigenvalue weighted by atomic mass is 16.5. The summed E-state index contributed by atoms with van der Waals surface area (Å²) in [7, 11) is 1.59. The molecule has 29 heavy (non-hydrogen) atoms. The molecule has 2 atom stereocenters. The van der Waals surface area contributed by atoms with Gasteiger partial charge in [-0.25, -0.2) is 0 Å². The number of nitrogens with two attached hydrogens (primary N) is 1. The smallest absolute Gasteiger partial charge is 0.258 e. The van der Waals surface area contributed by atoms with Gasteiger partial charge >= 0.3 is 0 Å². The van der Waals surface area contributed by atoms with Crippen molar-refractivity contribution >= 4 is 0 Å². The molecule has 0 amide bonds. The molecule has 2 aliphatic rings. The molecule has 1 aromatic carbocycles. The molecule has 2 aromatic rings. The zero-order valence-electron chi connectivity index (χ0n) is 16.5. The maximum Gasteiger partial charge on any atom is 0.258 e. The minimum absolute atomic E-state index is 0.0180. The van der Waals surface area contributed by atoms with Crippen LogP contribution in [-0.2, 0) is 11.3 Å². The van der Waals surface area contributed by atoms with Crippen LogP contribution in [0.15, 0.2) is 46.6 Å². The maximum atomic E-state index is 13.5. The van der Waals surface area contributed by atoms with E-state index in [9.17, 15) is 10.1 Å². The summed E-state index contributed by atoms with van der Waals surface area (Å²) in [5, 5.41) is 9.74. The molecule has 0 saturated carbocycles. The summed E-state index contributed by atoms with van der Waals surface area (Å²) < 4.78 is 18.3. The molecule has 2 aliphatic heterocycles. The molecular formula is C22H23N3O4. The lowest BCUT2D eigenvalue weighted by Crippen LogP contribution is -2.35. The molecule has 2 N–H and O–H groups in total. The van der Waals surface area contributed by atoms with Crippen molar-refractivity contribution in [1.82, 2.24) is 4.57 Å². The zero-order chi connectivity index (χ0) is 20.5. The Morgan fingerprint density at radius 2 is 2.10 bits per heavy atom. The van der Waals surface area contributed by atoms with Crippen LogP contribution < -0.4 is 20.8 Å². The summed E-state index contributed by atoms with van der Waals surface area (Å²) in [5.41, 5.74) is 8.05. The average Bonchev–Trinajstić information content (AvgIpc) is 3.23. The molecule has 7 heteroatoms. The topological polar surface area (TPSA) is 99.5 Å². The Bertz CT molecular complexity index is 1060. The molecule has 3 heterocycles. The van der Waals surface area contributed by atoms with Gasteiger partial charge in [-0.05, 0) is 37.5 Å². The van der Waals surface area contributed by atoms with Crippen LogP contribution in [-0.4, -0.2) is 24.4 Å². The van der Waals surface area contributed by atoms with Gasteiger partial charge < -0.3 is 24.5 Å². The van der Waals surface area contributed by atoms with E-state index in [-0.39, 0.29) is 23.1 Å². The van der Waals surface area contributed by atoms with E-state index in [0.29, 0.717) is 23.6 Å². The van der Waals surface area contributed by atoms with Gasteiger partial charge in [-0.1, -0.05) is 12.1 Å². The Hall–Kier alpha value is -3.24. The summed E-state index contributed by atoms with van der Waals surface area (Å²) in [6.45, 7) is 3.06. The molecule has 0 spiro atoms. The van der Waals surface area contributed by atoms with E-state index >= 15 is 0 Å².